The maximum Gasteiger partial charge on any atom is 0.305 e. The van der Waals surface area contributed by atoms with Gasteiger partial charge in [-0.3, -0.25) is 9.59 Å². The summed E-state index contributed by atoms with van der Waals surface area (Å²) in [7, 11) is 0. The van der Waals surface area contributed by atoms with Gasteiger partial charge in [-0.15, -0.1) is 0 Å². The third-order valence-electron chi connectivity index (χ3n) is 3.24. The summed E-state index contributed by atoms with van der Waals surface area (Å²) in [6.45, 7) is 5.57. The molecular formula is C15H30N2O3. The summed E-state index contributed by atoms with van der Waals surface area (Å²) in [5.41, 5.74) is 5.57. The SMILES string of the molecule is CCCC(CCN)CCC(=O)NCCCC(=O)OCC. The minimum absolute atomic E-state index is 0.0620. The summed E-state index contributed by atoms with van der Waals surface area (Å²) < 4.78 is 4.82. The third kappa shape index (κ3) is 10.8. The van der Waals surface area contributed by atoms with Gasteiger partial charge in [-0.05, 0) is 38.6 Å². The summed E-state index contributed by atoms with van der Waals surface area (Å²) in [5.74, 6) is 0.412. The molecule has 0 spiro atoms. The first-order valence-corrected chi connectivity index (χ1v) is 7.76. The molecule has 0 saturated heterocycles. The van der Waals surface area contributed by atoms with Gasteiger partial charge in [0.2, 0.25) is 5.91 Å². The Labute approximate surface area is 122 Å². The number of nitrogens with one attached hydrogen (secondary N) is 1. The lowest BCUT2D eigenvalue weighted by Crippen LogP contribution is -2.25. The van der Waals surface area contributed by atoms with Crippen LogP contribution in [0.25, 0.3) is 0 Å². The lowest BCUT2D eigenvalue weighted by molar-refractivity contribution is -0.143. The Kier molecular flexibility index (Phi) is 12.2. The summed E-state index contributed by atoms with van der Waals surface area (Å²) in [6.07, 6.45) is 5.69. The molecule has 3 N–H and O–H groups in total. The maximum atomic E-state index is 11.7. The van der Waals surface area contributed by atoms with Crippen LogP contribution >= 0.6 is 0 Å². The van der Waals surface area contributed by atoms with Gasteiger partial charge in [-0.2, -0.15) is 0 Å². The van der Waals surface area contributed by atoms with Gasteiger partial charge in [-0.1, -0.05) is 19.8 Å². The highest BCUT2D eigenvalue weighted by Crippen LogP contribution is 2.16. The first kappa shape index (κ1) is 18.9. The van der Waals surface area contributed by atoms with Gasteiger partial charge < -0.3 is 15.8 Å². The fraction of sp³-hybridized carbons (Fsp3) is 0.867. The molecule has 1 unspecified atom stereocenters. The van der Waals surface area contributed by atoms with E-state index in [0.29, 0.717) is 44.9 Å². The number of carbonyl (C=O) groups is 2. The van der Waals surface area contributed by atoms with E-state index in [2.05, 4.69) is 12.2 Å². The lowest BCUT2D eigenvalue weighted by atomic mass is 9.94. The summed E-state index contributed by atoms with van der Waals surface area (Å²) in [4.78, 5) is 22.8. The van der Waals surface area contributed by atoms with Gasteiger partial charge in [0.05, 0.1) is 6.61 Å². The van der Waals surface area contributed by atoms with E-state index in [1.54, 1.807) is 6.92 Å². The van der Waals surface area contributed by atoms with Crippen LogP contribution in [0.3, 0.4) is 0 Å². The maximum absolute atomic E-state index is 11.7. The van der Waals surface area contributed by atoms with Crippen LogP contribution in [0.4, 0.5) is 0 Å². The van der Waals surface area contributed by atoms with E-state index in [1.165, 1.54) is 0 Å². The zero-order chi connectivity index (χ0) is 15.2. The van der Waals surface area contributed by atoms with Crippen LogP contribution in [-0.2, 0) is 14.3 Å². The van der Waals surface area contributed by atoms with Crippen LogP contribution in [0.2, 0.25) is 0 Å². The largest absolute Gasteiger partial charge is 0.466 e. The number of nitrogens with two attached hydrogens (primary N) is 1. The number of hydrogen-bond acceptors (Lipinski definition) is 4. The van der Waals surface area contributed by atoms with Gasteiger partial charge in [0.1, 0.15) is 0 Å². The van der Waals surface area contributed by atoms with Gasteiger partial charge in [0.25, 0.3) is 0 Å². The number of ether oxygens (including phenoxy) is 1. The van der Waals surface area contributed by atoms with Crippen molar-refractivity contribution in [3.63, 3.8) is 0 Å². The summed E-state index contributed by atoms with van der Waals surface area (Å²) in [6, 6.07) is 0. The molecule has 1 atom stereocenters. The second-order valence-electron chi connectivity index (χ2n) is 5.03. The van der Waals surface area contributed by atoms with Crippen LogP contribution in [0, 0.1) is 5.92 Å². The fourth-order valence-electron chi connectivity index (χ4n) is 2.19. The monoisotopic (exact) mass is 286 g/mol. The van der Waals surface area contributed by atoms with E-state index in [0.717, 1.165) is 25.7 Å². The van der Waals surface area contributed by atoms with Gasteiger partial charge in [0, 0.05) is 19.4 Å². The molecule has 118 valence electrons. The Bertz CT molecular complexity index is 264. The van der Waals surface area contributed by atoms with Gasteiger partial charge in [-0.25, -0.2) is 0 Å². The van der Waals surface area contributed by atoms with Crippen molar-refractivity contribution in [2.45, 2.75) is 58.8 Å². The molecule has 20 heavy (non-hydrogen) atoms. The highest BCUT2D eigenvalue weighted by molar-refractivity contribution is 5.76. The lowest BCUT2D eigenvalue weighted by Gasteiger charge is -2.14. The zero-order valence-electron chi connectivity index (χ0n) is 13.0. The van der Waals surface area contributed by atoms with Gasteiger partial charge in [0.15, 0.2) is 0 Å². The minimum Gasteiger partial charge on any atom is -0.466 e. The van der Waals surface area contributed by atoms with Crippen molar-refractivity contribution in [3.8, 4) is 0 Å². The number of carbonyl (C=O) groups excluding carboxylic acids is 2. The molecule has 0 aromatic heterocycles. The smallest absolute Gasteiger partial charge is 0.305 e. The number of amides is 1. The molecule has 0 radical (unpaired) electrons. The number of esters is 1. The molecule has 0 aliphatic carbocycles. The molecule has 0 fully saturated rings. The van der Waals surface area contributed by atoms with Gasteiger partial charge >= 0.3 is 5.97 Å². The van der Waals surface area contributed by atoms with Crippen molar-refractivity contribution in [1.82, 2.24) is 5.32 Å². The molecule has 0 aromatic carbocycles. The second-order valence-corrected chi connectivity index (χ2v) is 5.03. The van der Waals surface area contributed by atoms with E-state index >= 15 is 0 Å². The molecule has 0 bridgehead atoms. The second kappa shape index (κ2) is 12.9. The average Bonchev–Trinajstić information content (AvgIpc) is 2.42. The molecule has 0 rings (SSSR count). The molecule has 1 amide bonds. The highest BCUT2D eigenvalue weighted by Gasteiger charge is 2.10. The quantitative estimate of drug-likeness (QED) is 0.424. The molecular weight excluding hydrogens is 256 g/mol. The Morgan fingerprint density at radius 2 is 1.90 bits per heavy atom. The van der Waals surface area contributed by atoms with Crippen molar-refractivity contribution in [1.29, 1.82) is 0 Å². The zero-order valence-corrected chi connectivity index (χ0v) is 13.0. The average molecular weight is 286 g/mol. The summed E-state index contributed by atoms with van der Waals surface area (Å²) >= 11 is 0. The highest BCUT2D eigenvalue weighted by atomic mass is 16.5. The Morgan fingerprint density at radius 3 is 2.50 bits per heavy atom. The third-order valence-corrected chi connectivity index (χ3v) is 3.24. The van der Waals surface area contributed by atoms with E-state index in [-0.39, 0.29) is 11.9 Å². The van der Waals surface area contributed by atoms with Crippen LogP contribution in [-0.4, -0.2) is 31.6 Å². The predicted molar refractivity (Wildman–Crippen MR) is 80.2 cm³/mol. The van der Waals surface area contributed by atoms with E-state index < -0.39 is 0 Å². The fourth-order valence-corrected chi connectivity index (χ4v) is 2.19. The minimum atomic E-state index is -0.201. The Morgan fingerprint density at radius 1 is 1.15 bits per heavy atom. The van der Waals surface area contributed by atoms with E-state index in [4.69, 9.17) is 10.5 Å². The van der Waals surface area contributed by atoms with Crippen molar-refractivity contribution in [2.24, 2.45) is 11.7 Å². The van der Waals surface area contributed by atoms with Crippen LogP contribution in [0.1, 0.15) is 58.8 Å². The molecule has 0 aliphatic heterocycles. The van der Waals surface area contributed by atoms with Crippen molar-refractivity contribution < 1.29 is 14.3 Å². The molecule has 0 saturated carbocycles. The van der Waals surface area contributed by atoms with Crippen LogP contribution < -0.4 is 11.1 Å². The Balaban J connectivity index is 3.64. The summed E-state index contributed by atoms with van der Waals surface area (Å²) in [5, 5.41) is 2.84. The van der Waals surface area contributed by atoms with Crippen molar-refractivity contribution >= 4 is 11.9 Å². The molecule has 0 aliphatic rings. The van der Waals surface area contributed by atoms with Crippen molar-refractivity contribution in [2.75, 3.05) is 19.7 Å². The normalized spacial score (nSPS) is 11.9. The standard InChI is InChI=1S/C15H30N2O3/c1-3-6-13(10-11-16)8-9-14(18)17-12-5-7-15(19)20-4-2/h13H,3-12,16H2,1-2H3,(H,17,18). The molecule has 0 aromatic rings. The molecule has 5 nitrogen and oxygen atoms in total. The Hall–Kier alpha value is -1.10. The van der Waals surface area contributed by atoms with E-state index in [9.17, 15) is 9.59 Å². The molecule has 0 heterocycles. The predicted octanol–water partition coefficient (Wildman–Crippen LogP) is 1.99. The number of rotatable bonds is 12. The van der Waals surface area contributed by atoms with Crippen LogP contribution in [0.5, 0.6) is 0 Å². The first-order chi connectivity index (χ1) is 9.63. The van der Waals surface area contributed by atoms with Crippen LogP contribution in [0.15, 0.2) is 0 Å². The molecule has 5 heteroatoms. The number of hydrogen-bond donors (Lipinski definition) is 2. The van der Waals surface area contributed by atoms with Crippen molar-refractivity contribution in [3.05, 3.63) is 0 Å². The van der Waals surface area contributed by atoms with E-state index in [1.807, 2.05) is 0 Å². The topological polar surface area (TPSA) is 81.4 Å². The first-order valence-electron chi connectivity index (χ1n) is 7.76.